The zero-order valence-electron chi connectivity index (χ0n) is 17.9. The van der Waals surface area contributed by atoms with Crippen LogP contribution in [0.1, 0.15) is 22.3 Å². The number of anilines is 2. The molecule has 3 aromatic rings. The molecule has 33 heavy (non-hydrogen) atoms. The Kier molecular flexibility index (Phi) is 8.22. The molecular formula is C24H22ClN5O3. The Labute approximate surface area is 196 Å². The Morgan fingerprint density at radius 3 is 2.70 bits per heavy atom. The number of rotatable bonds is 8. The number of halogens is 1. The van der Waals surface area contributed by atoms with Crippen molar-refractivity contribution in [2.75, 3.05) is 23.8 Å². The summed E-state index contributed by atoms with van der Waals surface area (Å²) < 4.78 is 5.78. The zero-order chi connectivity index (χ0) is 23.6. The minimum atomic E-state index is -0.532. The van der Waals surface area contributed by atoms with E-state index in [4.69, 9.17) is 22.9 Å². The van der Waals surface area contributed by atoms with Crippen LogP contribution < -0.4 is 20.7 Å². The SMILES string of the molecule is [C-]#[N+]c1ccc(NC(=O)Nc2cc(Cl)ccc2OCCCNC(=O)c2cccc(C)c2)nc1. The second-order valence-corrected chi connectivity index (χ2v) is 7.50. The lowest BCUT2D eigenvalue weighted by molar-refractivity contribution is 0.0951. The fourth-order valence-electron chi connectivity index (χ4n) is 2.87. The van der Waals surface area contributed by atoms with Crippen molar-refractivity contribution < 1.29 is 14.3 Å². The van der Waals surface area contributed by atoms with Crippen molar-refractivity contribution in [2.24, 2.45) is 0 Å². The van der Waals surface area contributed by atoms with E-state index in [9.17, 15) is 9.59 Å². The molecule has 0 atom stereocenters. The number of carbonyl (C=O) groups is 2. The Hall–Kier alpha value is -4.09. The maximum atomic E-state index is 12.3. The van der Waals surface area contributed by atoms with E-state index in [0.29, 0.717) is 53.1 Å². The van der Waals surface area contributed by atoms with E-state index in [2.05, 4.69) is 25.8 Å². The molecule has 1 aromatic heterocycles. The van der Waals surface area contributed by atoms with Gasteiger partial charge in [0.2, 0.25) is 5.69 Å². The number of hydrogen-bond acceptors (Lipinski definition) is 4. The molecule has 3 amide bonds. The summed E-state index contributed by atoms with van der Waals surface area (Å²) in [6.07, 6.45) is 1.94. The van der Waals surface area contributed by atoms with Gasteiger partial charge in [-0.2, -0.15) is 0 Å². The average Bonchev–Trinajstić information content (AvgIpc) is 2.80. The zero-order valence-corrected chi connectivity index (χ0v) is 18.6. The Bertz CT molecular complexity index is 1180. The number of nitrogens with one attached hydrogen (secondary N) is 3. The van der Waals surface area contributed by atoms with Gasteiger partial charge >= 0.3 is 6.03 Å². The van der Waals surface area contributed by atoms with Crippen LogP contribution in [0.15, 0.2) is 60.8 Å². The first-order valence-electron chi connectivity index (χ1n) is 10.1. The molecule has 3 rings (SSSR count). The fourth-order valence-corrected chi connectivity index (χ4v) is 3.04. The number of urea groups is 1. The smallest absolute Gasteiger partial charge is 0.324 e. The van der Waals surface area contributed by atoms with Crippen molar-refractivity contribution in [3.8, 4) is 5.75 Å². The normalized spacial score (nSPS) is 10.1. The van der Waals surface area contributed by atoms with Gasteiger partial charge in [-0.05, 0) is 49.7 Å². The summed E-state index contributed by atoms with van der Waals surface area (Å²) in [6, 6.07) is 14.8. The molecule has 8 nitrogen and oxygen atoms in total. The van der Waals surface area contributed by atoms with Gasteiger partial charge < -0.3 is 15.4 Å². The van der Waals surface area contributed by atoms with Crippen molar-refractivity contribution >= 4 is 40.7 Å². The van der Waals surface area contributed by atoms with E-state index in [1.54, 1.807) is 30.3 Å². The van der Waals surface area contributed by atoms with Crippen LogP contribution in [0.3, 0.4) is 0 Å². The molecule has 2 aromatic carbocycles. The van der Waals surface area contributed by atoms with Crippen LogP contribution in [0.2, 0.25) is 5.02 Å². The van der Waals surface area contributed by atoms with Gasteiger partial charge in [0, 0.05) is 23.3 Å². The van der Waals surface area contributed by atoms with E-state index < -0.39 is 6.03 Å². The number of carbonyl (C=O) groups excluding carboxylic acids is 2. The monoisotopic (exact) mass is 463 g/mol. The Morgan fingerprint density at radius 2 is 1.97 bits per heavy atom. The summed E-state index contributed by atoms with van der Waals surface area (Å²) in [6.45, 7) is 9.64. The molecule has 0 saturated carbocycles. The molecule has 3 N–H and O–H groups in total. The summed E-state index contributed by atoms with van der Waals surface area (Å²) in [5.41, 5.74) is 2.40. The predicted octanol–water partition coefficient (Wildman–Crippen LogP) is 5.44. The van der Waals surface area contributed by atoms with Crippen molar-refractivity contribution in [2.45, 2.75) is 13.3 Å². The second-order valence-electron chi connectivity index (χ2n) is 7.06. The van der Waals surface area contributed by atoms with Gasteiger partial charge in [0.15, 0.2) is 0 Å². The van der Waals surface area contributed by atoms with Crippen LogP contribution in [0.5, 0.6) is 5.75 Å². The molecule has 1 heterocycles. The van der Waals surface area contributed by atoms with Crippen LogP contribution in [0.4, 0.5) is 22.0 Å². The Morgan fingerprint density at radius 1 is 1.12 bits per heavy atom. The van der Waals surface area contributed by atoms with Gasteiger partial charge in [0.1, 0.15) is 11.6 Å². The van der Waals surface area contributed by atoms with Crippen LogP contribution >= 0.6 is 11.6 Å². The molecule has 0 radical (unpaired) electrons. The number of benzene rings is 2. The average molecular weight is 464 g/mol. The third-order valence-electron chi connectivity index (χ3n) is 4.45. The maximum absolute atomic E-state index is 12.3. The quantitative estimate of drug-likeness (QED) is 0.306. The molecule has 0 unspecified atom stereocenters. The summed E-state index contributed by atoms with van der Waals surface area (Å²) in [5.74, 6) is 0.604. The molecule has 0 spiro atoms. The third kappa shape index (κ3) is 7.23. The summed E-state index contributed by atoms with van der Waals surface area (Å²) in [5, 5.41) is 8.56. The van der Waals surface area contributed by atoms with Crippen molar-refractivity contribution in [1.82, 2.24) is 10.3 Å². The first-order valence-corrected chi connectivity index (χ1v) is 10.5. The van der Waals surface area contributed by atoms with Gasteiger partial charge in [-0.25, -0.2) is 9.64 Å². The number of aromatic nitrogens is 1. The molecule has 0 saturated heterocycles. The van der Waals surface area contributed by atoms with Crippen molar-refractivity contribution in [3.05, 3.63) is 88.4 Å². The maximum Gasteiger partial charge on any atom is 0.324 e. The van der Waals surface area contributed by atoms with Crippen LogP contribution in [-0.2, 0) is 0 Å². The van der Waals surface area contributed by atoms with Gasteiger partial charge in [0.05, 0.1) is 18.9 Å². The van der Waals surface area contributed by atoms with Crippen molar-refractivity contribution in [3.63, 3.8) is 0 Å². The minimum Gasteiger partial charge on any atom is -0.491 e. The predicted molar refractivity (Wildman–Crippen MR) is 128 cm³/mol. The van der Waals surface area contributed by atoms with Crippen LogP contribution in [-0.4, -0.2) is 30.1 Å². The fraction of sp³-hybridized carbons (Fsp3) is 0.167. The molecule has 9 heteroatoms. The van der Waals surface area contributed by atoms with Crippen LogP contribution in [0, 0.1) is 13.5 Å². The van der Waals surface area contributed by atoms with E-state index in [1.165, 1.54) is 12.3 Å². The number of amides is 3. The standard InChI is InChI=1S/C24H22ClN5O3/c1-16-5-3-6-17(13-16)23(31)27-11-4-12-33-21-9-7-18(25)14-20(21)29-24(32)30-22-10-8-19(26-2)15-28-22/h3,5-10,13-15H,4,11-12H2,1H3,(H,27,31)(H2,28,29,30,32). The van der Waals surface area contributed by atoms with E-state index in [0.717, 1.165) is 5.56 Å². The van der Waals surface area contributed by atoms with Gasteiger partial charge in [-0.15, -0.1) is 0 Å². The second kappa shape index (κ2) is 11.5. The first kappa shape index (κ1) is 23.6. The number of pyridine rings is 1. The first-order chi connectivity index (χ1) is 15.9. The summed E-state index contributed by atoms with van der Waals surface area (Å²) in [7, 11) is 0. The molecule has 0 aliphatic carbocycles. The number of hydrogen-bond donors (Lipinski definition) is 3. The highest BCUT2D eigenvalue weighted by Gasteiger charge is 2.10. The molecular weight excluding hydrogens is 442 g/mol. The van der Waals surface area contributed by atoms with Gasteiger partial charge in [-0.3, -0.25) is 15.1 Å². The summed E-state index contributed by atoms with van der Waals surface area (Å²) in [4.78, 5) is 31.8. The Balaban J connectivity index is 1.50. The largest absolute Gasteiger partial charge is 0.491 e. The topological polar surface area (TPSA) is 96.7 Å². The minimum absolute atomic E-state index is 0.137. The number of nitrogens with zero attached hydrogens (tertiary/aromatic N) is 2. The highest BCUT2D eigenvalue weighted by molar-refractivity contribution is 6.31. The molecule has 0 aliphatic heterocycles. The number of ether oxygens (including phenoxy) is 1. The van der Waals surface area contributed by atoms with Gasteiger partial charge in [-0.1, -0.05) is 35.4 Å². The third-order valence-corrected chi connectivity index (χ3v) is 4.69. The molecule has 0 bridgehead atoms. The van der Waals surface area contributed by atoms with Crippen molar-refractivity contribution in [1.29, 1.82) is 0 Å². The molecule has 0 fully saturated rings. The van der Waals surface area contributed by atoms with E-state index >= 15 is 0 Å². The highest BCUT2D eigenvalue weighted by atomic mass is 35.5. The van der Waals surface area contributed by atoms with Crippen LogP contribution in [0.25, 0.3) is 4.85 Å². The highest BCUT2D eigenvalue weighted by Crippen LogP contribution is 2.28. The summed E-state index contributed by atoms with van der Waals surface area (Å²) >= 11 is 6.07. The van der Waals surface area contributed by atoms with Gasteiger partial charge in [0.25, 0.3) is 5.91 Å². The lowest BCUT2D eigenvalue weighted by atomic mass is 10.1. The lowest BCUT2D eigenvalue weighted by Gasteiger charge is -2.14. The molecule has 0 aliphatic rings. The van der Waals surface area contributed by atoms with E-state index in [-0.39, 0.29) is 5.91 Å². The number of aryl methyl sites for hydroxylation is 1. The van der Waals surface area contributed by atoms with E-state index in [1.807, 2.05) is 25.1 Å². The lowest BCUT2D eigenvalue weighted by Crippen LogP contribution is -2.25. The molecule has 168 valence electrons.